The van der Waals surface area contributed by atoms with Crippen LogP contribution in [0, 0.1) is 5.92 Å². The highest BCUT2D eigenvalue weighted by molar-refractivity contribution is 9.10. The Balaban J connectivity index is 2.16. The van der Waals surface area contributed by atoms with Crippen molar-refractivity contribution in [2.45, 2.75) is 30.8 Å². The van der Waals surface area contributed by atoms with Crippen molar-refractivity contribution in [2.24, 2.45) is 5.92 Å². The van der Waals surface area contributed by atoms with Crippen molar-refractivity contribution < 1.29 is 19.4 Å². The SMILES string of the molecule is CC(C)[C@H]1COC(=O)N1C(=O)[C@H](Br)[C@@H](O)c1ccccc1. The van der Waals surface area contributed by atoms with Crippen molar-refractivity contribution in [3.05, 3.63) is 35.9 Å². The van der Waals surface area contributed by atoms with E-state index in [9.17, 15) is 14.7 Å². The average Bonchev–Trinajstić information content (AvgIpc) is 2.87. The smallest absolute Gasteiger partial charge is 0.417 e. The number of carbonyl (C=O) groups is 2. The number of hydrogen-bond acceptors (Lipinski definition) is 4. The largest absolute Gasteiger partial charge is 0.447 e. The molecule has 0 aliphatic carbocycles. The van der Waals surface area contributed by atoms with Gasteiger partial charge in [-0.15, -0.1) is 0 Å². The highest BCUT2D eigenvalue weighted by Gasteiger charge is 2.43. The first kappa shape index (κ1) is 16.0. The maximum absolute atomic E-state index is 12.5. The Morgan fingerprint density at radius 2 is 2.00 bits per heavy atom. The topological polar surface area (TPSA) is 66.8 Å². The molecule has 2 amide bonds. The van der Waals surface area contributed by atoms with E-state index in [0.29, 0.717) is 5.56 Å². The summed E-state index contributed by atoms with van der Waals surface area (Å²) in [5.41, 5.74) is 0.612. The molecule has 1 heterocycles. The van der Waals surface area contributed by atoms with Crippen LogP contribution in [0.3, 0.4) is 0 Å². The molecule has 3 atom stereocenters. The first-order valence-corrected chi connectivity index (χ1v) is 7.72. The molecule has 1 N–H and O–H groups in total. The number of halogens is 1. The average molecular weight is 356 g/mol. The molecule has 1 aliphatic heterocycles. The first-order chi connectivity index (χ1) is 9.93. The molecular formula is C15H18BrNO4. The zero-order valence-corrected chi connectivity index (χ0v) is 13.5. The van der Waals surface area contributed by atoms with E-state index in [0.717, 1.165) is 4.90 Å². The fourth-order valence-corrected chi connectivity index (χ4v) is 2.79. The van der Waals surface area contributed by atoms with Crippen molar-refractivity contribution in [1.29, 1.82) is 0 Å². The van der Waals surface area contributed by atoms with Gasteiger partial charge in [0.25, 0.3) is 0 Å². The third-order valence-electron chi connectivity index (χ3n) is 3.57. The lowest BCUT2D eigenvalue weighted by molar-refractivity contribution is -0.130. The number of benzene rings is 1. The van der Waals surface area contributed by atoms with Crippen LogP contribution in [0.4, 0.5) is 4.79 Å². The number of alkyl halides is 1. The standard InChI is InChI=1S/C15H18BrNO4/c1-9(2)11-8-21-15(20)17(11)14(19)12(16)13(18)10-6-4-3-5-7-10/h3-7,9,11-13,18H,8H2,1-2H3/t11-,12-,13+/m1/s1. The Kier molecular flexibility index (Phi) is 5.00. The van der Waals surface area contributed by atoms with Gasteiger partial charge in [0, 0.05) is 0 Å². The van der Waals surface area contributed by atoms with Gasteiger partial charge in [-0.05, 0) is 11.5 Å². The summed E-state index contributed by atoms with van der Waals surface area (Å²) in [5.74, 6) is -0.387. The number of aliphatic hydroxyl groups is 1. The van der Waals surface area contributed by atoms with E-state index in [4.69, 9.17) is 4.74 Å². The maximum atomic E-state index is 12.5. The molecule has 0 saturated carbocycles. The molecule has 6 heteroatoms. The summed E-state index contributed by atoms with van der Waals surface area (Å²) in [7, 11) is 0. The van der Waals surface area contributed by atoms with Crippen LogP contribution in [0.2, 0.25) is 0 Å². The van der Waals surface area contributed by atoms with E-state index in [1.54, 1.807) is 24.3 Å². The van der Waals surface area contributed by atoms with Crippen molar-refractivity contribution >= 4 is 27.9 Å². The first-order valence-electron chi connectivity index (χ1n) is 6.80. The Bertz CT molecular complexity index is 520. The molecule has 21 heavy (non-hydrogen) atoms. The van der Waals surface area contributed by atoms with Crippen molar-refractivity contribution in [2.75, 3.05) is 6.61 Å². The molecule has 1 aromatic carbocycles. The molecular weight excluding hydrogens is 338 g/mol. The summed E-state index contributed by atoms with van der Waals surface area (Å²) < 4.78 is 4.96. The lowest BCUT2D eigenvalue weighted by Gasteiger charge is -2.26. The lowest BCUT2D eigenvalue weighted by atomic mass is 10.0. The normalized spacial score (nSPS) is 21.3. The summed E-state index contributed by atoms with van der Waals surface area (Å²) in [6, 6.07) is 8.55. The van der Waals surface area contributed by atoms with Gasteiger partial charge in [0.05, 0.1) is 6.04 Å². The summed E-state index contributed by atoms with van der Waals surface area (Å²) in [6.45, 7) is 4.04. The predicted molar refractivity (Wildman–Crippen MR) is 80.9 cm³/mol. The molecule has 114 valence electrons. The molecule has 1 saturated heterocycles. The van der Waals surface area contributed by atoms with Crippen LogP contribution < -0.4 is 0 Å². The van der Waals surface area contributed by atoms with E-state index in [1.807, 2.05) is 19.9 Å². The lowest BCUT2D eigenvalue weighted by Crippen LogP contribution is -2.46. The second-order valence-corrected chi connectivity index (χ2v) is 6.34. The molecule has 0 radical (unpaired) electrons. The summed E-state index contributed by atoms with van der Waals surface area (Å²) in [6.07, 6.45) is -1.68. The molecule has 1 aromatic rings. The Morgan fingerprint density at radius 1 is 1.38 bits per heavy atom. The monoisotopic (exact) mass is 355 g/mol. The number of amides is 2. The van der Waals surface area contributed by atoms with Crippen LogP contribution in [-0.4, -0.2) is 39.5 Å². The van der Waals surface area contributed by atoms with Crippen LogP contribution >= 0.6 is 15.9 Å². The molecule has 0 bridgehead atoms. The Hall–Kier alpha value is -1.40. The van der Waals surface area contributed by atoms with E-state index in [1.165, 1.54) is 0 Å². The third kappa shape index (κ3) is 3.27. The number of nitrogens with zero attached hydrogens (tertiary/aromatic N) is 1. The minimum absolute atomic E-state index is 0.0916. The van der Waals surface area contributed by atoms with Gasteiger partial charge in [0.15, 0.2) is 0 Å². The van der Waals surface area contributed by atoms with Gasteiger partial charge in [0.2, 0.25) is 5.91 Å². The number of hydrogen-bond donors (Lipinski definition) is 1. The highest BCUT2D eigenvalue weighted by Crippen LogP contribution is 2.28. The van der Waals surface area contributed by atoms with Crippen LogP contribution in [0.25, 0.3) is 0 Å². The minimum Gasteiger partial charge on any atom is -0.447 e. The number of ether oxygens (including phenoxy) is 1. The zero-order valence-electron chi connectivity index (χ0n) is 11.9. The predicted octanol–water partition coefficient (Wildman–Crippen LogP) is 2.49. The van der Waals surface area contributed by atoms with Crippen molar-refractivity contribution in [1.82, 2.24) is 4.90 Å². The van der Waals surface area contributed by atoms with E-state index < -0.39 is 22.9 Å². The Labute approximate surface area is 132 Å². The van der Waals surface area contributed by atoms with E-state index in [2.05, 4.69) is 15.9 Å². The number of aliphatic hydroxyl groups excluding tert-OH is 1. The maximum Gasteiger partial charge on any atom is 0.417 e. The van der Waals surface area contributed by atoms with Crippen LogP contribution in [0.5, 0.6) is 0 Å². The van der Waals surface area contributed by atoms with Crippen LogP contribution in [0.1, 0.15) is 25.5 Å². The molecule has 2 rings (SSSR count). The van der Waals surface area contributed by atoms with Crippen molar-refractivity contribution in [3.63, 3.8) is 0 Å². The molecule has 0 unspecified atom stereocenters. The molecule has 1 aliphatic rings. The Morgan fingerprint density at radius 3 is 2.57 bits per heavy atom. The highest BCUT2D eigenvalue weighted by atomic mass is 79.9. The molecule has 0 spiro atoms. The van der Waals surface area contributed by atoms with Gasteiger partial charge in [0.1, 0.15) is 17.5 Å². The van der Waals surface area contributed by atoms with Gasteiger partial charge in [-0.1, -0.05) is 60.1 Å². The number of imide groups is 1. The van der Waals surface area contributed by atoms with Gasteiger partial charge in [-0.25, -0.2) is 9.69 Å². The fraction of sp³-hybridized carbons (Fsp3) is 0.467. The van der Waals surface area contributed by atoms with Crippen molar-refractivity contribution in [3.8, 4) is 0 Å². The zero-order chi connectivity index (χ0) is 15.6. The molecule has 1 fully saturated rings. The van der Waals surface area contributed by atoms with Crippen LogP contribution in [0.15, 0.2) is 30.3 Å². The van der Waals surface area contributed by atoms with Gasteiger partial charge in [-0.2, -0.15) is 0 Å². The van der Waals surface area contributed by atoms with Gasteiger partial charge in [-0.3, -0.25) is 4.79 Å². The summed E-state index contributed by atoms with van der Waals surface area (Å²) in [4.78, 5) is 24.5. The third-order valence-corrected chi connectivity index (χ3v) is 4.46. The second kappa shape index (κ2) is 6.58. The minimum atomic E-state index is -1.03. The molecule has 0 aromatic heterocycles. The number of rotatable bonds is 4. The van der Waals surface area contributed by atoms with Gasteiger partial charge >= 0.3 is 6.09 Å². The summed E-state index contributed by atoms with van der Waals surface area (Å²) >= 11 is 3.21. The fourth-order valence-electron chi connectivity index (χ4n) is 2.27. The van der Waals surface area contributed by atoms with Gasteiger partial charge < -0.3 is 9.84 Å². The number of cyclic esters (lactones) is 1. The number of carbonyl (C=O) groups excluding carboxylic acids is 2. The second-order valence-electron chi connectivity index (χ2n) is 5.35. The van der Waals surface area contributed by atoms with Crippen LogP contribution in [-0.2, 0) is 9.53 Å². The summed E-state index contributed by atoms with van der Waals surface area (Å²) in [5, 5.41) is 10.3. The van der Waals surface area contributed by atoms with E-state index in [-0.39, 0.29) is 18.6 Å². The molecule has 5 nitrogen and oxygen atoms in total. The quantitative estimate of drug-likeness (QED) is 0.842. The van der Waals surface area contributed by atoms with E-state index >= 15 is 0 Å².